The molecule has 1 saturated heterocycles. The zero-order chi connectivity index (χ0) is 18.8. The molecular formula is C20H19FN4O2. The number of nitrogens with one attached hydrogen (secondary N) is 3. The Balaban J connectivity index is 1.45. The summed E-state index contributed by atoms with van der Waals surface area (Å²) < 4.78 is 13.8. The van der Waals surface area contributed by atoms with Crippen LogP contribution >= 0.6 is 0 Å². The van der Waals surface area contributed by atoms with Crippen LogP contribution in [0.3, 0.4) is 0 Å². The van der Waals surface area contributed by atoms with Crippen LogP contribution in [0.15, 0.2) is 53.3 Å². The highest BCUT2D eigenvalue weighted by Crippen LogP contribution is 2.15. The molecular weight excluding hydrogens is 347 g/mol. The first-order valence-electron chi connectivity index (χ1n) is 8.85. The van der Waals surface area contributed by atoms with Crippen molar-refractivity contribution < 1.29 is 9.18 Å². The van der Waals surface area contributed by atoms with E-state index in [2.05, 4.69) is 20.8 Å². The summed E-state index contributed by atoms with van der Waals surface area (Å²) in [5.74, 6) is -0.762. The minimum absolute atomic E-state index is 0.0523. The molecule has 1 aliphatic rings. The Bertz CT molecular complexity index is 1040. The van der Waals surface area contributed by atoms with Gasteiger partial charge < -0.3 is 10.6 Å². The Morgan fingerprint density at radius 1 is 1.04 bits per heavy atom. The summed E-state index contributed by atoms with van der Waals surface area (Å²) >= 11 is 0. The first-order valence-corrected chi connectivity index (χ1v) is 8.85. The number of H-pyrrole nitrogens is 1. The lowest BCUT2D eigenvalue weighted by atomic mass is 9.99. The molecule has 7 heteroatoms. The van der Waals surface area contributed by atoms with Crippen molar-refractivity contribution in [3.8, 4) is 0 Å². The zero-order valence-corrected chi connectivity index (χ0v) is 14.5. The highest BCUT2D eigenvalue weighted by atomic mass is 19.1. The molecule has 138 valence electrons. The molecule has 6 nitrogen and oxygen atoms in total. The van der Waals surface area contributed by atoms with E-state index < -0.39 is 11.9 Å². The number of nitrogens with zero attached hydrogens (tertiary/aromatic N) is 1. The number of carbonyl (C=O) groups is 1. The van der Waals surface area contributed by atoms with Gasteiger partial charge in [0, 0.05) is 30.9 Å². The van der Waals surface area contributed by atoms with E-state index in [1.165, 1.54) is 12.1 Å². The van der Waals surface area contributed by atoms with Gasteiger partial charge in [-0.25, -0.2) is 9.49 Å². The van der Waals surface area contributed by atoms with Crippen molar-refractivity contribution in [3.63, 3.8) is 0 Å². The van der Waals surface area contributed by atoms with Gasteiger partial charge in [-0.05, 0) is 18.2 Å². The summed E-state index contributed by atoms with van der Waals surface area (Å²) in [6.45, 7) is 0.944. The van der Waals surface area contributed by atoms with E-state index in [0.29, 0.717) is 24.9 Å². The van der Waals surface area contributed by atoms with Gasteiger partial charge in [0.1, 0.15) is 5.82 Å². The fourth-order valence-electron chi connectivity index (χ4n) is 3.45. The number of halogens is 1. The number of benzene rings is 2. The fraction of sp³-hybridized carbons (Fsp3) is 0.250. The van der Waals surface area contributed by atoms with Crippen LogP contribution in [-0.4, -0.2) is 41.2 Å². The Morgan fingerprint density at radius 2 is 1.78 bits per heavy atom. The van der Waals surface area contributed by atoms with Crippen LogP contribution in [0, 0.1) is 5.82 Å². The van der Waals surface area contributed by atoms with Gasteiger partial charge in [-0.1, -0.05) is 30.3 Å². The minimum Gasteiger partial charge on any atom is -0.310 e. The van der Waals surface area contributed by atoms with Gasteiger partial charge in [-0.15, -0.1) is 0 Å². The second-order valence-corrected chi connectivity index (χ2v) is 6.66. The van der Waals surface area contributed by atoms with Crippen LogP contribution in [0.5, 0.6) is 0 Å². The maximum atomic E-state index is 13.8. The predicted octanol–water partition coefficient (Wildman–Crippen LogP) is 1.42. The van der Waals surface area contributed by atoms with E-state index in [0.717, 1.165) is 11.1 Å². The van der Waals surface area contributed by atoms with Gasteiger partial charge in [-0.3, -0.25) is 9.59 Å². The number of piperazine rings is 1. The molecule has 0 saturated carbocycles. The van der Waals surface area contributed by atoms with Crippen molar-refractivity contribution in [1.82, 2.24) is 20.8 Å². The van der Waals surface area contributed by atoms with E-state index in [4.69, 9.17) is 0 Å². The molecule has 4 rings (SSSR count). The number of hydrogen-bond donors (Lipinski definition) is 3. The number of aromatic amines is 1. The molecule has 2 atom stereocenters. The van der Waals surface area contributed by atoms with Crippen LogP contribution in [0.4, 0.5) is 4.39 Å². The number of rotatable bonds is 4. The molecule has 0 amide bonds. The third-order valence-electron chi connectivity index (χ3n) is 4.89. The summed E-state index contributed by atoms with van der Waals surface area (Å²) in [6.07, 6.45) is 0.602. The molecule has 0 bridgehead atoms. The summed E-state index contributed by atoms with van der Waals surface area (Å²) in [5, 5.41) is 14.7. The van der Waals surface area contributed by atoms with Gasteiger partial charge in [0.15, 0.2) is 5.78 Å². The van der Waals surface area contributed by atoms with Gasteiger partial charge in [0.05, 0.1) is 22.7 Å². The summed E-state index contributed by atoms with van der Waals surface area (Å²) in [5.41, 5.74) is 0.687. The molecule has 27 heavy (non-hydrogen) atoms. The largest absolute Gasteiger partial charge is 0.310 e. The average molecular weight is 366 g/mol. The van der Waals surface area contributed by atoms with Crippen LogP contribution in [-0.2, 0) is 6.42 Å². The molecule has 2 unspecified atom stereocenters. The molecule has 1 aliphatic heterocycles. The molecule has 0 radical (unpaired) electrons. The molecule has 0 aliphatic carbocycles. The van der Waals surface area contributed by atoms with E-state index >= 15 is 0 Å². The molecule has 3 N–H and O–H groups in total. The highest BCUT2D eigenvalue weighted by Gasteiger charge is 2.28. The minimum atomic E-state index is -0.504. The molecule has 1 fully saturated rings. The van der Waals surface area contributed by atoms with Crippen molar-refractivity contribution in [2.45, 2.75) is 18.5 Å². The monoisotopic (exact) mass is 366 g/mol. The van der Waals surface area contributed by atoms with Crippen molar-refractivity contribution in [1.29, 1.82) is 0 Å². The van der Waals surface area contributed by atoms with E-state index in [1.807, 2.05) is 18.2 Å². The lowest BCUT2D eigenvalue weighted by Crippen LogP contribution is -2.58. The number of carbonyl (C=O) groups excluding carboxylic acids is 1. The van der Waals surface area contributed by atoms with Crippen LogP contribution in [0.1, 0.15) is 16.1 Å². The third kappa shape index (κ3) is 3.51. The first kappa shape index (κ1) is 17.5. The maximum absolute atomic E-state index is 13.8. The molecule has 3 aromatic rings. The summed E-state index contributed by atoms with van der Waals surface area (Å²) in [7, 11) is 0. The van der Waals surface area contributed by atoms with E-state index in [-0.39, 0.29) is 22.9 Å². The molecule has 2 aromatic carbocycles. The van der Waals surface area contributed by atoms with Crippen molar-refractivity contribution in [3.05, 3.63) is 76.0 Å². The molecule has 2 heterocycles. The van der Waals surface area contributed by atoms with Gasteiger partial charge >= 0.3 is 0 Å². The summed E-state index contributed by atoms with van der Waals surface area (Å²) in [4.78, 5) is 24.4. The number of ketones is 1. The highest BCUT2D eigenvalue weighted by molar-refractivity contribution is 6.00. The Hall–Kier alpha value is -2.90. The second-order valence-electron chi connectivity index (χ2n) is 6.66. The predicted molar refractivity (Wildman–Crippen MR) is 100 cm³/mol. The normalized spacial score (nSPS) is 19.9. The SMILES string of the molecule is O=C(c1ccccc1F)C1CNC(Cc2n[nH]c(=O)c3ccccc23)CN1. The standard InChI is InChI=1S/C20H19FN4O2/c21-16-8-4-3-7-15(16)19(26)18-11-22-12(10-23-18)9-17-13-5-1-2-6-14(13)20(27)25-24-17/h1-8,12,18,22-23H,9-11H2,(H,25,27). The lowest BCUT2D eigenvalue weighted by Gasteiger charge is -2.30. The Labute approximate surface area is 154 Å². The smallest absolute Gasteiger partial charge is 0.272 e. The first-order chi connectivity index (χ1) is 13.1. The van der Waals surface area contributed by atoms with E-state index in [1.54, 1.807) is 18.2 Å². The van der Waals surface area contributed by atoms with Gasteiger partial charge in [0.2, 0.25) is 0 Å². The fourth-order valence-corrected chi connectivity index (χ4v) is 3.45. The number of Topliss-reactive ketones (excluding diaryl/α,β-unsaturated/α-hetero) is 1. The van der Waals surface area contributed by atoms with Crippen molar-refractivity contribution in [2.75, 3.05) is 13.1 Å². The lowest BCUT2D eigenvalue weighted by molar-refractivity contribution is 0.0922. The van der Waals surface area contributed by atoms with Crippen molar-refractivity contribution >= 4 is 16.6 Å². The number of aromatic nitrogens is 2. The summed E-state index contributed by atoms with van der Waals surface area (Å²) in [6, 6.07) is 12.9. The zero-order valence-electron chi connectivity index (χ0n) is 14.5. The number of fused-ring (bicyclic) bond motifs is 1. The second kappa shape index (κ2) is 7.38. The number of hydrogen-bond acceptors (Lipinski definition) is 5. The molecule has 1 aromatic heterocycles. The molecule has 0 spiro atoms. The Morgan fingerprint density at radius 3 is 2.52 bits per heavy atom. The third-order valence-corrected chi connectivity index (χ3v) is 4.89. The Kier molecular flexibility index (Phi) is 4.79. The van der Waals surface area contributed by atoms with Crippen LogP contribution in [0.2, 0.25) is 0 Å². The average Bonchev–Trinajstić information content (AvgIpc) is 2.71. The van der Waals surface area contributed by atoms with Gasteiger partial charge in [0.25, 0.3) is 5.56 Å². The van der Waals surface area contributed by atoms with Crippen LogP contribution < -0.4 is 16.2 Å². The topological polar surface area (TPSA) is 86.9 Å². The van der Waals surface area contributed by atoms with Gasteiger partial charge in [-0.2, -0.15) is 5.10 Å². The van der Waals surface area contributed by atoms with Crippen molar-refractivity contribution in [2.24, 2.45) is 0 Å². The van der Waals surface area contributed by atoms with E-state index in [9.17, 15) is 14.0 Å². The van der Waals surface area contributed by atoms with Crippen LogP contribution in [0.25, 0.3) is 10.8 Å². The quantitative estimate of drug-likeness (QED) is 0.608. The maximum Gasteiger partial charge on any atom is 0.272 e.